The largest absolute Gasteiger partial charge is 0.368 e. The van der Waals surface area contributed by atoms with E-state index in [1.54, 1.807) is 4.90 Å². The summed E-state index contributed by atoms with van der Waals surface area (Å²) in [6.45, 7) is 0.801. The average Bonchev–Trinajstić information content (AvgIpc) is 3.11. The number of carbonyl (C=O) groups excluding carboxylic acids is 1. The van der Waals surface area contributed by atoms with Crippen LogP contribution >= 0.6 is 0 Å². The third-order valence-corrected chi connectivity index (χ3v) is 3.83. The second-order valence-corrected chi connectivity index (χ2v) is 5.43. The zero-order valence-electron chi connectivity index (χ0n) is 11.1. The number of nitrogens with zero attached hydrogens (tertiary/aromatic N) is 1. The topological polar surface area (TPSA) is 29.5 Å². The first-order valence-corrected chi connectivity index (χ1v) is 7.01. The highest BCUT2D eigenvalue weighted by Gasteiger charge is 2.37. The molecule has 0 spiro atoms. The maximum absolute atomic E-state index is 13.7. The first kappa shape index (κ1) is 13.5. The molecular weight excluding hydrogens is 264 g/mol. The van der Waals surface area contributed by atoms with Crippen molar-refractivity contribution in [3.63, 3.8) is 0 Å². The summed E-state index contributed by atoms with van der Waals surface area (Å²) >= 11 is 0. The number of halogens is 2. The highest BCUT2D eigenvalue weighted by molar-refractivity contribution is 5.81. The van der Waals surface area contributed by atoms with Crippen molar-refractivity contribution in [2.45, 2.75) is 44.4 Å². The molecule has 3 rings (SSSR count). The highest BCUT2D eigenvalue weighted by atomic mass is 19.1. The van der Waals surface area contributed by atoms with Gasteiger partial charge in [0.2, 0.25) is 0 Å². The summed E-state index contributed by atoms with van der Waals surface area (Å²) in [6, 6.07) is 3.66. The van der Waals surface area contributed by atoms with Crippen LogP contribution in [-0.2, 0) is 16.1 Å². The predicted octanol–water partition coefficient (Wildman–Crippen LogP) is 2.63. The van der Waals surface area contributed by atoms with E-state index in [0.717, 1.165) is 31.7 Å². The van der Waals surface area contributed by atoms with Crippen LogP contribution in [0.5, 0.6) is 0 Å². The molecule has 20 heavy (non-hydrogen) atoms. The van der Waals surface area contributed by atoms with E-state index >= 15 is 0 Å². The maximum atomic E-state index is 13.7. The van der Waals surface area contributed by atoms with Crippen LogP contribution in [0.25, 0.3) is 0 Å². The Balaban J connectivity index is 1.75. The Morgan fingerprint density at radius 3 is 2.70 bits per heavy atom. The molecule has 0 N–H and O–H groups in total. The molecule has 0 bridgehead atoms. The van der Waals surface area contributed by atoms with Gasteiger partial charge in [0.1, 0.15) is 17.7 Å². The summed E-state index contributed by atoms with van der Waals surface area (Å²) in [5.74, 6) is -1.26. The van der Waals surface area contributed by atoms with Gasteiger partial charge in [0.25, 0.3) is 5.91 Å². The number of hydrogen-bond donors (Lipinski definition) is 0. The van der Waals surface area contributed by atoms with Crippen LogP contribution in [0.4, 0.5) is 8.78 Å². The van der Waals surface area contributed by atoms with E-state index in [4.69, 9.17) is 4.74 Å². The Labute approximate surface area is 116 Å². The van der Waals surface area contributed by atoms with Crippen LogP contribution in [0.1, 0.15) is 31.2 Å². The molecular formula is C15H17F2NO2. The predicted molar refractivity (Wildman–Crippen MR) is 68.9 cm³/mol. The minimum absolute atomic E-state index is 0.0614. The summed E-state index contributed by atoms with van der Waals surface area (Å²) in [4.78, 5) is 14.1. The minimum atomic E-state index is -0.602. The van der Waals surface area contributed by atoms with Crippen molar-refractivity contribution in [1.29, 1.82) is 0 Å². The van der Waals surface area contributed by atoms with Crippen LogP contribution in [0.15, 0.2) is 18.2 Å². The lowest BCUT2D eigenvalue weighted by molar-refractivity contribution is -0.142. The van der Waals surface area contributed by atoms with E-state index in [-0.39, 0.29) is 24.6 Å². The molecule has 1 atom stereocenters. The van der Waals surface area contributed by atoms with Gasteiger partial charge >= 0.3 is 0 Å². The van der Waals surface area contributed by atoms with Crippen molar-refractivity contribution in [2.75, 3.05) is 6.61 Å². The zero-order chi connectivity index (χ0) is 14.1. The van der Waals surface area contributed by atoms with Crippen molar-refractivity contribution in [3.8, 4) is 0 Å². The summed E-state index contributed by atoms with van der Waals surface area (Å²) in [6.07, 6.45) is 3.12. The van der Waals surface area contributed by atoms with E-state index in [2.05, 4.69) is 0 Å². The Morgan fingerprint density at radius 2 is 2.10 bits per heavy atom. The third kappa shape index (κ3) is 2.82. The molecule has 0 aromatic heterocycles. The average molecular weight is 281 g/mol. The molecule has 108 valence electrons. The maximum Gasteiger partial charge on any atom is 0.252 e. The first-order chi connectivity index (χ1) is 9.65. The second-order valence-electron chi connectivity index (χ2n) is 5.43. The van der Waals surface area contributed by atoms with Gasteiger partial charge < -0.3 is 9.64 Å². The molecule has 1 aliphatic heterocycles. The van der Waals surface area contributed by atoms with Gasteiger partial charge in [-0.05, 0) is 31.7 Å². The van der Waals surface area contributed by atoms with E-state index in [1.807, 2.05) is 0 Å². The lowest BCUT2D eigenvalue weighted by Gasteiger charge is -2.25. The molecule has 2 aliphatic rings. The SMILES string of the molecule is O=C(C1CCCO1)N(Cc1ccc(F)cc1F)C1CC1. The molecule has 1 aliphatic carbocycles. The second kappa shape index (κ2) is 5.48. The Hall–Kier alpha value is -1.49. The highest BCUT2D eigenvalue weighted by Crippen LogP contribution is 2.31. The van der Waals surface area contributed by atoms with Crippen LogP contribution in [0.3, 0.4) is 0 Å². The molecule has 3 nitrogen and oxygen atoms in total. The van der Waals surface area contributed by atoms with Gasteiger partial charge in [0, 0.05) is 30.8 Å². The van der Waals surface area contributed by atoms with E-state index in [9.17, 15) is 13.6 Å². The van der Waals surface area contributed by atoms with Crippen molar-refractivity contribution >= 4 is 5.91 Å². The number of carbonyl (C=O) groups is 1. The molecule has 1 heterocycles. The summed E-state index contributed by atoms with van der Waals surface area (Å²) in [7, 11) is 0. The molecule has 1 saturated heterocycles. The third-order valence-electron chi connectivity index (χ3n) is 3.83. The van der Waals surface area contributed by atoms with Crippen LogP contribution < -0.4 is 0 Å². The summed E-state index contributed by atoms with van der Waals surface area (Å²) in [5, 5.41) is 0. The molecule has 1 saturated carbocycles. The van der Waals surface area contributed by atoms with Gasteiger partial charge in [-0.25, -0.2) is 8.78 Å². The molecule has 0 radical (unpaired) electrons. The van der Waals surface area contributed by atoms with Crippen molar-refractivity contribution < 1.29 is 18.3 Å². The van der Waals surface area contributed by atoms with Gasteiger partial charge in [-0.2, -0.15) is 0 Å². The van der Waals surface area contributed by atoms with Crippen molar-refractivity contribution in [3.05, 3.63) is 35.4 Å². The Morgan fingerprint density at radius 1 is 1.30 bits per heavy atom. The normalized spacial score (nSPS) is 22.0. The fourth-order valence-electron chi connectivity index (χ4n) is 2.56. The Kier molecular flexibility index (Phi) is 3.70. The van der Waals surface area contributed by atoms with E-state index in [1.165, 1.54) is 12.1 Å². The standard InChI is InChI=1S/C15H17F2NO2/c16-11-4-3-10(13(17)8-11)9-18(12-5-6-12)15(19)14-2-1-7-20-14/h3-4,8,12,14H,1-2,5-7,9H2. The molecule has 1 unspecified atom stereocenters. The Bertz CT molecular complexity index is 511. The molecule has 1 aromatic carbocycles. The molecule has 1 aromatic rings. The minimum Gasteiger partial charge on any atom is -0.368 e. The number of rotatable bonds is 4. The summed E-state index contributed by atoms with van der Waals surface area (Å²) in [5.41, 5.74) is 0.352. The molecule has 2 fully saturated rings. The van der Waals surface area contributed by atoms with Crippen LogP contribution in [-0.4, -0.2) is 29.6 Å². The van der Waals surface area contributed by atoms with Gasteiger partial charge in [-0.15, -0.1) is 0 Å². The zero-order valence-corrected chi connectivity index (χ0v) is 11.1. The van der Waals surface area contributed by atoms with Crippen LogP contribution in [0.2, 0.25) is 0 Å². The smallest absolute Gasteiger partial charge is 0.252 e. The lowest BCUT2D eigenvalue weighted by Crippen LogP contribution is -2.40. The monoisotopic (exact) mass is 281 g/mol. The molecule has 1 amide bonds. The quantitative estimate of drug-likeness (QED) is 0.849. The van der Waals surface area contributed by atoms with E-state index < -0.39 is 11.6 Å². The first-order valence-electron chi connectivity index (χ1n) is 7.01. The number of benzene rings is 1. The molecule has 5 heteroatoms. The van der Waals surface area contributed by atoms with E-state index in [0.29, 0.717) is 12.2 Å². The van der Waals surface area contributed by atoms with Gasteiger partial charge in [0.15, 0.2) is 0 Å². The lowest BCUT2D eigenvalue weighted by atomic mass is 10.1. The number of hydrogen-bond acceptors (Lipinski definition) is 2. The van der Waals surface area contributed by atoms with Crippen molar-refractivity contribution in [2.24, 2.45) is 0 Å². The number of ether oxygens (including phenoxy) is 1. The van der Waals surface area contributed by atoms with Gasteiger partial charge in [0.05, 0.1) is 0 Å². The van der Waals surface area contributed by atoms with Crippen LogP contribution in [0, 0.1) is 11.6 Å². The summed E-state index contributed by atoms with van der Waals surface area (Å²) < 4.78 is 32.1. The van der Waals surface area contributed by atoms with Gasteiger partial charge in [-0.3, -0.25) is 4.79 Å². The van der Waals surface area contributed by atoms with Gasteiger partial charge in [-0.1, -0.05) is 6.07 Å². The number of amides is 1. The fraction of sp³-hybridized carbons (Fsp3) is 0.533. The van der Waals surface area contributed by atoms with Crippen molar-refractivity contribution in [1.82, 2.24) is 4.90 Å². The fourth-order valence-corrected chi connectivity index (χ4v) is 2.56.